The second-order valence-corrected chi connectivity index (χ2v) is 9.49. The zero-order valence-electron chi connectivity index (χ0n) is 20.2. The van der Waals surface area contributed by atoms with E-state index in [1.807, 2.05) is 30.0 Å². The lowest BCUT2D eigenvalue weighted by atomic mass is 10.0. The summed E-state index contributed by atoms with van der Waals surface area (Å²) >= 11 is 1.56. The first-order chi connectivity index (χ1) is 16.0. The Hall–Kier alpha value is -2.19. The largest absolute Gasteiger partial charge is 0.492 e. The molecule has 0 bridgehead atoms. The number of ether oxygens (including phenoxy) is 2. The summed E-state index contributed by atoms with van der Waals surface area (Å²) in [5.74, 6) is 0.852. The smallest absolute Gasteiger partial charge is 0.233 e. The number of carbonyl (C=O) groups excluding carboxylic acids is 1. The zero-order valence-corrected chi connectivity index (χ0v) is 21.8. The number of halogens is 1. The van der Waals surface area contributed by atoms with E-state index in [4.69, 9.17) is 14.5 Å². The minimum atomic E-state index is 0. The van der Waals surface area contributed by atoms with Crippen LogP contribution in [-0.2, 0) is 16.0 Å². The van der Waals surface area contributed by atoms with E-state index in [1.54, 1.807) is 11.3 Å². The maximum Gasteiger partial charge on any atom is 0.233 e. The Labute approximate surface area is 212 Å². The molecule has 3 aromatic rings. The monoisotopic (exact) mass is 503 g/mol. The van der Waals surface area contributed by atoms with Gasteiger partial charge >= 0.3 is 0 Å². The topological polar surface area (TPSA) is 54.9 Å². The zero-order chi connectivity index (χ0) is 23.2. The molecule has 1 aliphatic rings. The van der Waals surface area contributed by atoms with Gasteiger partial charge in [0.15, 0.2) is 5.13 Å². The molecule has 1 fully saturated rings. The highest BCUT2D eigenvalue weighted by molar-refractivity contribution is 7.22. The third kappa shape index (κ3) is 6.48. The number of amides is 1. The molecule has 34 heavy (non-hydrogen) atoms. The third-order valence-electron chi connectivity index (χ3n) is 6.09. The Morgan fingerprint density at radius 2 is 1.97 bits per heavy atom. The molecule has 184 valence electrons. The molecule has 8 heteroatoms. The molecule has 1 aromatic heterocycles. The molecule has 2 heterocycles. The molecule has 0 aliphatic carbocycles. The van der Waals surface area contributed by atoms with Gasteiger partial charge in [0.1, 0.15) is 11.3 Å². The van der Waals surface area contributed by atoms with E-state index in [-0.39, 0.29) is 18.3 Å². The highest BCUT2D eigenvalue weighted by Gasteiger charge is 2.22. The van der Waals surface area contributed by atoms with Gasteiger partial charge in [0, 0.05) is 26.2 Å². The van der Waals surface area contributed by atoms with Crippen LogP contribution in [0, 0.1) is 13.8 Å². The van der Waals surface area contributed by atoms with Gasteiger partial charge in [0.05, 0.1) is 30.9 Å². The van der Waals surface area contributed by atoms with Crippen LogP contribution in [0.15, 0.2) is 36.4 Å². The molecule has 0 unspecified atom stereocenters. The molecule has 0 spiro atoms. The number of para-hydroxylation sites is 1. The minimum Gasteiger partial charge on any atom is -0.492 e. The summed E-state index contributed by atoms with van der Waals surface area (Å²) in [5.41, 5.74) is 4.32. The van der Waals surface area contributed by atoms with Crippen LogP contribution in [0.4, 0.5) is 5.13 Å². The van der Waals surface area contributed by atoms with Crippen molar-refractivity contribution in [3.05, 3.63) is 53.1 Å². The molecule has 2 aromatic carbocycles. The van der Waals surface area contributed by atoms with E-state index in [9.17, 15) is 4.79 Å². The standard InChI is InChI=1S/C26H33N3O3S.ClH/c1-4-32-22-7-5-8-23-25(22)27-26(33-23)29(12-6-11-28-13-15-31-16-14-28)24(30)18-21-10-9-19(2)20(3)17-21;/h5,7-10,17H,4,6,11-16,18H2,1-3H3;1H. The molecule has 0 saturated carbocycles. The first-order valence-corrected chi connectivity index (χ1v) is 12.6. The number of morpholine rings is 1. The number of benzene rings is 2. The number of hydrogen-bond acceptors (Lipinski definition) is 6. The van der Waals surface area contributed by atoms with Gasteiger partial charge in [0.25, 0.3) is 0 Å². The predicted octanol–water partition coefficient (Wildman–Crippen LogP) is 5.03. The van der Waals surface area contributed by atoms with Crippen molar-refractivity contribution < 1.29 is 14.3 Å². The predicted molar refractivity (Wildman–Crippen MR) is 142 cm³/mol. The van der Waals surface area contributed by atoms with Crippen molar-refractivity contribution in [2.75, 3.05) is 50.9 Å². The number of hydrogen-bond donors (Lipinski definition) is 0. The van der Waals surface area contributed by atoms with E-state index in [1.165, 1.54) is 11.1 Å². The van der Waals surface area contributed by atoms with Gasteiger partial charge in [-0.05, 0) is 56.0 Å². The second-order valence-electron chi connectivity index (χ2n) is 8.48. The number of fused-ring (bicyclic) bond motifs is 1. The maximum absolute atomic E-state index is 13.5. The summed E-state index contributed by atoms with van der Waals surface area (Å²) in [4.78, 5) is 22.6. The average Bonchev–Trinajstić information content (AvgIpc) is 3.25. The van der Waals surface area contributed by atoms with Crippen LogP contribution in [0.1, 0.15) is 30.0 Å². The van der Waals surface area contributed by atoms with Crippen LogP contribution >= 0.6 is 23.7 Å². The lowest BCUT2D eigenvalue weighted by Gasteiger charge is -2.27. The van der Waals surface area contributed by atoms with Gasteiger partial charge in [-0.3, -0.25) is 14.6 Å². The highest BCUT2D eigenvalue weighted by Crippen LogP contribution is 2.34. The maximum atomic E-state index is 13.5. The molecule has 0 N–H and O–H groups in total. The summed E-state index contributed by atoms with van der Waals surface area (Å²) in [5, 5.41) is 0.743. The summed E-state index contributed by atoms with van der Waals surface area (Å²) in [6.07, 6.45) is 1.26. The van der Waals surface area contributed by atoms with Gasteiger partial charge < -0.3 is 9.47 Å². The van der Waals surface area contributed by atoms with Gasteiger partial charge in [-0.1, -0.05) is 35.6 Å². The molecular weight excluding hydrogens is 470 g/mol. The van der Waals surface area contributed by atoms with Gasteiger partial charge in [0.2, 0.25) is 5.91 Å². The van der Waals surface area contributed by atoms with Crippen molar-refractivity contribution in [1.82, 2.24) is 9.88 Å². The van der Waals surface area contributed by atoms with Gasteiger partial charge in [-0.15, -0.1) is 12.4 Å². The number of carbonyl (C=O) groups is 1. The van der Waals surface area contributed by atoms with Crippen molar-refractivity contribution >= 4 is 45.0 Å². The third-order valence-corrected chi connectivity index (χ3v) is 7.13. The SMILES string of the molecule is CCOc1cccc2sc(N(CCCN3CCOCC3)C(=O)Cc3ccc(C)c(C)c3)nc12.Cl. The second kappa shape index (κ2) is 12.5. The lowest BCUT2D eigenvalue weighted by Crippen LogP contribution is -2.39. The van der Waals surface area contributed by atoms with Crippen molar-refractivity contribution in [2.45, 2.75) is 33.6 Å². The van der Waals surface area contributed by atoms with Crippen molar-refractivity contribution in [3.8, 4) is 5.75 Å². The Bertz CT molecular complexity index is 1100. The molecule has 1 amide bonds. The van der Waals surface area contributed by atoms with Crippen LogP contribution in [0.25, 0.3) is 10.2 Å². The molecule has 0 atom stereocenters. The normalized spacial score (nSPS) is 14.1. The number of aromatic nitrogens is 1. The Kier molecular flexibility index (Phi) is 9.71. The van der Waals surface area contributed by atoms with Crippen LogP contribution in [-0.4, -0.2) is 61.8 Å². The summed E-state index contributed by atoms with van der Waals surface area (Å²) in [6, 6.07) is 12.2. The first kappa shape index (κ1) is 26.4. The first-order valence-electron chi connectivity index (χ1n) is 11.7. The Morgan fingerprint density at radius 1 is 1.18 bits per heavy atom. The molecule has 4 rings (SSSR count). The van der Waals surface area contributed by atoms with Gasteiger partial charge in [-0.25, -0.2) is 4.98 Å². The van der Waals surface area contributed by atoms with Crippen LogP contribution in [0.3, 0.4) is 0 Å². The Morgan fingerprint density at radius 3 is 2.71 bits per heavy atom. The fraction of sp³-hybridized carbons (Fsp3) is 0.462. The van der Waals surface area contributed by atoms with Gasteiger partial charge in [-0.2, -0.15) is 0 Å². The number of rotatable bonds is 9. The number of anilines is 1. The number of nitrogens with zero attached hydrogens (tertiary/aromatic N) is 3. The van der Waals surface area contributed by atoms with Crippen LogP contribution in [0.5, 0.6) is 5.75 Å². The van der Waals surface area contributed by atoms with E-state index >= 15 is 0 Å². The summed E-state index contributed by atoms with van der Waals surface area (Å²) < 4.78 is 12.3. The van der Waals surface area contributed by atoms with E-state index < -0.39 is 0 Å². The molecule has 1 saturated heterocycles. The van der Waals surface area contributed by atoms with Crippen molar-refractivity contribution in [1.29, 1.82) is 0 Å². The highest BCUT2D eigenvalue weighted by atomic mass is 35.5. The summed E-state index contributed by atoms with van der Waals surface area (Å²) in [7, 11) is 0. The molecule has 6 nitrogen and oxygen atoms in total. The quantitative estimate of drug-likeness (QED) is 0.410. The van der Waals surface area contributed by atoms with Crippen molar-refractivity contribution in [2.24, 2.45) is 0 Å². The molecule has 1 aliphatic heterocycles. The molecular formula is C26H34ClN3O3S. The lowest BCUT2D eigenvalue weighted by molar-refractivity contribution is -0.118. The Balaban J connectivity index is 0.00000324. The fourth-order valence-corrected chi connectivity index (χ4v) is 5.11. The van der Waals surface area contributed by atoms with E-state index in [2.05, 4.69) is 36.9 Å². The van der Waals surface area contributed by atoms with Crippen LogP contribution in [0.2, 0.25) is 0 Å². The summed E-state index contributed by atoms with van der Waals surface area (Å²) in [6.45, 7) is 11.8. The van der Waals surface area contributed by atoms with E-state index in [0.717, 1.165) is 65.9 Å². The molecule has 0 radical (unpaired) electrons. The fourth-order valence-electron chi connectivity index (χ4n) is 4.09. The number of aryl methyl sites for hydroxylation is 2. The van der Waals surface area contributed by atoms with Crippen LogP contribution < -0.4 is 9.64 Å². The van der Waals surface area contributed by atoms with E-state index in [0.29, 0.717) is 19.6 Å². The minimum absolute atomic E-state index is 0. The average molecular weight is 504 g/mol. The van der Waals surface area contributed by atoms with Crippen molar-refractivity contribution in [3.63, 3.8) is 0 Å². The number of thiazole rings is 1.